The van der Waals surface area contributed by atoms with Crippen LogP contribution in [0, 0.1) is 5.82 Å². The van der Waals surface area contributed by atoms with Crippen molar-refractivity contribution in [2.45, 2.75) is 38.6 Å². The fourth-order valence-electron chi connectivity index (χ4n) is 4.35. The summed E-state index contributed by atoms with van der Waals surface area (Å²) in [6, 6.07) is 7.86. The van der Waals surface area contributed by atoms with Crippen molar-refractivity contribution < 1.29 is 19.1 Å². The van der Waals surface area contributed by atoms with Gasteiger partial charge in [-0.15, -0.1) is 0 Å². The first-order chi connectivity index (χ1) is 16.4. The number of nitrogens with zero attached hydrogens (tertiary/aromatic N) is 3. The smallest absolute Gasteiger partial charge is 0.267 e. The van der Waals surface area contributed by atoms with Crippen LogP contribution in [0.4, 0.5) is 4.39 Å². The van der Waals surface area contributed by atoms with Gasteiger partial charge in [-0.2, -0.15) is 0 Å². The highest BCUT2D eigenvalue weighted by Crippen LogP contribution is 2.26. The molecule has 0 unspecified atom stereocenters. The Labute approximate surface area is 196 Å². The number of nitrogens with one attached hydrogen (secondary N) is 1. The van der Waals surface area contributed by atoms with Crippen molar-refractivity contribution in [1.82, 2.24) is 19.8 Å². The van der Waals surface area contributed by atoms with Crippen LogP contribution in [0.1, 0.15) is 47.2 Å². The minimum atomic E-state index is -0.693. The highest BCUT2D eigenvalue weighted by atomic mass is 19.1. The molecule has 4 rings (SSSR count). The summed E-state index contributed by atoms with van der Waals surface area (Å²) in [5.74, 6) is -1.37. The van der Waals surface area contributed by atoms with Gasteiger partial charge in [0.25, 0.3) is 11.5 Å². The Hall–Kier alpha value is -3.75. The van der Waals surface area contributed by atoms with Gasteiger partial charge in [-0.05, 0) is 55.0 Å². The lowest BCUT2D eigenvalue weighted by Crippen LogP contribution is -2.37. The molecule has 0 bridgehead atoms. The molecule has 1 fully saturated rings. The molecular formula is C25H27FN4O4. The van der Waals surface area contributed by atoms with Gasteiger partial charge in [0.2, 0.25) is 5.91 Å². The zero-order valence-electron chi connectivity index (χ0n) is 19.0. The lowest BCUT2D eigenvalue weighted by molar-refractivity contribution is -0.133. The maximum absolute atomic E-state index is 13.2. The first kappa shape index (κ1) is 23.4. The van der Waals surface area contributed by atoms with Gasteiger partial charge >= 0.3 is 0 Å². The number of benzene rings is 1. The molecule has 0 aliphatic carbocycles. The Balaban J connectivity index is 1.71. The number of hydrogen-bond donors (Lipinski definition) is 2. The molecule has 1 saturated heterocycles. The predicted octanol–water partition coefficient (Wildman–Crippen LogP) is 2.59. The number of aromatic hydroxyl groups is 1. The number of pyridine rings is 2. The number of rotatable bonds is 7. The molecule has 0 radical (unpaired) electrons. The van der Waals surface area contributed by atoms with Gasteiger partial charge in [-0.3, -0.25) is 19.4 Å². The third-order valence-corrected chi connectivity index (χ3v) is 6.14. The van der Waals surface area contributed by atoms with Gasteiger partial charge in [-0.1, -0.05) is 12.1 Å². The van der Waals surface area contributed by atoms with Crippen LogP contribution in [0.25, 0.3) is 11.0 Å². The van der Waals surface area contributed by atoms with Crippen molar-refractivity contribution in [2.24, 2.45) is 0 Å². The molecule has 2 aromatic heterocycles. The molecule has 8 nitrogen and oxygen atoms in total. The zero-order chi connectivity index (χ0) is 24.2. The van der Waals surface area contributed by atoms with Crippen LogP contribution < -0.4 is 10.9 Å². The van der Waals surface area contributed by atoms with Gasteiger partial charge in [0.1, 0.15) is 16.9 Å². The van der Waals surface area contributed by atoms with E-state index >= 15 is 0 Å². The Morgan fingerprint density at radius 3 is 2.62 bits per heavy atom. The van der Waals surface area contributed by atoms with E-state index in [2.05, 4.69) is 10.3 Å². The highest BCUT2D eigenvalue weighted by molar-refractivity contribution is 6.01. The second-order valence-electron chi connectivity index (χ2n) is 8.47. The zero-order valence-corrected chi connectivity index (χ0v) is 19.0. The van der Waals surface area contributed by atoms with E-state index in [9.17, 15) is 23.9 Å². The number of hydrogen-bond acceptors (Lipinski definition) is 5. The molecule has 34 heavy (non-hydrogen) atoms. The minimum Gasteiger partial charge on any atom is -0.505 e. The number of fused-ring (bicyclic) bond motifs is 1. The van der Waals surface area contributed by atoms with Gasteiger partial charge < -0.3 is 19.9 Å². The molecule has 0 spiro atoms. The van der Waals surface area contributed by atoms with Crippen molar-refractivity contribution in [3.05, 3.63) is 69.4 Å². The van der Waals surface area contributed by atoms with Crippen LogP contribution in [-0.2, 0) is 17.8 Å². The topological polar surface area (TPSA) is 105 Å². The maximum Gasteiger partial charge on any atom is 0.267 e. The molecule has 3 heterocycles. The molecular weight excluding hydrogens is 439 g/mol. The summed E-state index contributed by atoms with van der Waals surface area (Å²) in [7, 11) is 1.39. The summed E-state index contributed by atoms with van der Waals surface area (Å²) in [5.41, 5.74) is 1.21. The predicted molar refractivity (Wildman–Crippen MR) is 125 cm³/mol. The van der Waals surface area contributed by atoms with E-state index < -0.39 is 17.2 Å². The van der Waals surface area contributed by atoms with E-state index in [0.717, 1.165) is 24.0 Å². The maximum atomic E-state index is 13.2. The molecule has 0 saturated carbocycles. The summed E-state index contributed by atoms with van der Waals surface area (Å²) < 4.78 is 14.7. The van der Waals surface area contributed by atoms with Crippen LogP contribution in [0.2, 0.25) is 0 Å². The van der Waals surface area contributed by atoms with E-state index in [0.29, 0.717) is 37.9 Å². The lowest BCUT2D eigenvalue weighted by Gasteiger charge is -2.26. The Bertz CT molecular complexity index is 1290. The third kappa shape index (κ3) is 4.78. The molecule has 2 N–H and O–H groups in total. The quantitative estimate of drug-likeness (QED) is 0.557. The summed E-state index contributed by atoms with van der Waals surface area (Å²) in [4.78, 5) is 43.9. The second kappa shape index (κ2) is 10.0. The molecule has 1 aliphatic rings. The first-order valence-electron chi connectivity index (χ1n) is 11.4. The molecule has 2 amide bonds. The number of amides is 2. The van der Waals surface area contributed by atoms with Crippen molar-refractivity contribution in [3.63, 3.8) is 0 Å². The van der Waals surface area contributed by atoms with Crippen molar-refractivity contribution in [1.29, 1.82) is 0 Å². The Morgan fingerprint density at radius 2 is 1.91 bits per heavy atom. The molecule has 9 heteroatoms. The highest BCUT2D eigenvalue weighted by Gasteiger charge is 2.23. The first-order valence-corrected chi connectivity index (χ1v) is 11.4. The average Bonchev–Trinajstić information content (AvgIpc) is 2.83. The fourth-order valence-corrected chi connectivity index (χ4v) is 4.35. The summed E-state index contributed by atoms with van der Waals surface area (Å²) >= 11 is 0. The lowest BCUT2D eigenvalue weighted by atomic mass is 10.1. The minimum absolute atomic E-state index is 0.114. The van der Waals surface area contributed by atoms with Crippen LogP contribution >= 0.6 is 0 Å². The van der Waals surface area contributed by atoms with E-state index in [4.69, 9.17) is 0 Å². The molecule has 3 aromatic rings. The standard InChI is InChI=1S/C25H27FN4O4/c1-27-24(33)21-23(32)22-19(14-17(15-28-22)13-16-6-8-18(26)9-7-16)30(25(21)34)12-4-11-29-10-3-2-5-20(29)31/h6-9,14-15,32H,2-5,10-13H2,1H3,(H,27,33). The average molecular weight is 467 g/mol. The second-order valence-corrected chi connectivity index (χ2v) is 8.47. The van der Waals surface area contributed by atoms with Gasteiger partial charge in [0.05, 0.1) is 5.52 Å². The normalized spacial score (nSPS) is 13.9. The van der Waals surface area contributed by atoms with E-state index in [1.165, 1.54) is 23.7 Å². The summed E-state index contributed by atoms with van der Waals surface area (Å²) in [5, 5.41) is 13.1. The van der Waals surface area contributed by atoms with Crippen LogP contribution in [0.15, 0.2) is 41.3 Å². The summed E-state index contributed by atoms with van der Waals surface area (Å²) in [6.45, 7) is 1.47. The summed E-state index contributed by atoms with van der Waals surface area (Å²) in [6.07, 6.45) is 4.94. The number of piperidine rings is 1. The largest absolute Gasteiger partial charge is 0.505 e. The van der Waals surface area contributed by atoms with E-state index in [1.54, 1.807) is 29.3 Å². The Morgan fingerprint density at radius 1 is 1.15 bits per heavy atom. The molecule has 178 valence electrons. The molecule has 1 aliphatic heterocycles. The number of likely N-dealkylation sites (tertiary alicyclic amines) is 1. The number of halogens is 1. The number of aromatic nitrogens is 2. The van der Waals surface area contributed by atoms with E-state index in [-0.39, 0.29) is 29.3 Å². The Kier molecular flexibility index (Phi) is 6.90. The fraction of sp³-hybridized carbons (Fsp3) is 0.360. The third-order valence-electron chi connectivity index (χ3n) is 6.14. The molecule has 0 atom stereocenters. The monoisotopic (exact) mass is 466 g/mol. The van der Waals surface area contributed by atoms with Crippen LogP contribution in [0.3, 0.4) is 0 Å². The number of carbonyl (C=O) groups is 2. The van der Waals surface area contributed by atoms with Gasteiger partial charge in [0, 0.05) is 39.3 Å². The van der Waals surface area contributed by atoms with Gasteiger partial charge in [-0.25, -0.2) is 4.39 Å². The van der Waals surface area contributed by atoms with Crippen LogP contribution in [-0.4, -0.2) is 51.5 Å². The van der Waals surface area contributed by atoms with Crippen molar-refractivity contribution >= 4 is 22.8 Å². The van der Waals surface area contributed by atoms with E-state index in [1.807, 2.05) is 0 Å². The molecule has 1 aromatic carbocycles. The van der Waals surface area contributed by atoms with Crippen LogP contribution in [0.5, 0.6) is 5.75 Å². The number of carbonyl (C=O) groups excluding carboxylic acids is 2. The van der Waals surface area contributed by atoms with Gasteiger partial charge in [0.15, 0.2) is 5.75 Å². The number of aryl methyl sites for hydroxylation is 1. The SMILES string of the molecule is CNC(=O)c1c(O)c2ncc(Cc3ccc(F)cc3)cc2n(CCCN2CCCCC2=O)c1=O. The van der Waals surface area contributed by atoms with Crippen molar-refractivity contribution in [2.75, 3.05) is 20.1 Å². The van der Waals surface area contributed by atoms with Crippen molar-refractivity contribution in [3.8, 4) is 5.75 Å².